The Morgan fingerprint density at radius 2 is 1.84 bits per heavy atom. The fourth-order valence-corrected chi connectivity index (χ4v) is 5.35. The molecule has 2 aliphatic rings. The maximum absolute atomic E-state index is 13.0. The van der Waals surface area contributed by atoms with Crippen molar-refractivity contribution >= 4 is 11.9 Å². The van der Waals surface area contributed by atoms with Crippen molar-refractivity contribution in [3.8, 4) is 16.9 Å². The van der Waals surface area contributed by atoms with Gasteiger partial charge in [-0.3, -0.25) is 4.79 Å². The number of ether oxygens (including phenoxy) is 1. The van der Waals surface area contributed by atoms with Gasteiger partial charge >= 0.3 is 6.03 Å². The quantitative estimate of drug-likeness (QED) is 0.446. The molecule has 1 saturated carbocycles. The third kappa shape index (κ3) is 5.48. The molecule has 192 valence electrons. The van der Waals surface area contributed by atoms with Gasteiger partial charge in [0.1, 0.15) is 5.75 Å². The Balaban J connectivity index is 1.37. The predicted octanol–water partition coefficient (Wildman–Crippen LogP) is 5.26. The molecule has 1 aliphatic carbocycles. The molecule has 0 spiro atoms. The largest absolute Gasteiger partial charge is 0.497 e. The van der Waals surface area contributed by atoms with Gasteiger partial charge in [0.05, 0.1) is 7.11 Å². The van der Waals surface area contributed by atoms with Gasteiger partial charge in [-0.1, -0.05) is 61.5 Å². The molecule has 3 aromatic rings. The summed E-state index contributed by atoms with van der Waals surface area (Å²) in [7, 11) is 1.68. The van der Waals surface area contributed by atoms with Crippen LogP contribution in [0.1, 0.15) is 47.9 Å². The summed E-state index contributed by atoms with van der Waals surface area (Å²) >= 11 is 0. The Hall–Kier alpha value is -3.80. The zero-order valence-corrected chi connectivity index (χ0v) is 21.6. The molecular formula is C31H35N3O3. The minimum atomic E-state index is -0.0297. The summed E-state index contributed by atoms with van der Waals surface area (Å²) in [6, 6.07) is 22.6. The topological polar surface area (TPSA) is 70.7 Å². The van der Waals surface area contributed by atoms with E-state index in [-0.39, 0.29) is 17.9 Å². The molecule has 1 heterocycles. The van der Waals surface area contributed by atoms with Crippen LogP contribution in [0.3, 0.4) is 0 Å². The molecule has 37 heavy (non-hydrogen) atoms. The molecule has 0 radical (unpaired) electrons. The fraction of sp³-hybridized carbons (Fsp3) is 0.355. The van der Waals surface area contributed by atoms with E-state index in [0.717, 1.165) is 47.3 Å². The van der Waals surface area contributed by atoms with Gasteiger partial charge in [0, 0.05) is 32.1 Å². The van der Waals surface area contributed by atoms with Gasteiger partial charge in [0.2, 0.25) is 5.91 Å². The molecule has 0 saturated heterocycles. The zero-order chi connectivity index (χ0) is 25.8. The summed E-state index contributed by atoms with van der Waals surface area (Å²) in [5.74, 6) is 1.26. The number of rotatable bonds is 8. The molecule has 3 amide bonds. The van der Waals surface area contributed by atoms with Gasteiger partial charge in [0.15, 0.2) is 0 Å². The first-order chi connectivity index (χ1) is 18.1. The number of urea groups is 1. The van der Waals surface area contributed by atoms with Crippen molar-refractivity contribution in [2.45, 2.75) is 45.2 Å². The van der Waals surface area contributed by atoms with E-state index in [1.165, 1.54) is 11.1 Å². The van der Waals surface area contributed by atoms with Gasteiger partial charge in [-0.25, -0.2) is 4.79 Å². The molecule has 0 unspecified atom stereocenters. The van der Waals surface area contributed by atoms with Gasteiger partial charge in [-0.2, -0.15) is 0 Å². The van der Waals surface area contributed by atoms with E-state index >= 15 is 0 Å². The highest BCUT2D eigenvalue weighted by molar-refractivity contribution is 5.83. The van der Waals surface area contributed by atoms with Crippen LogP contribution in [0.4, 0.5) is 4.79 Å². The predicted molar refractivity (Wildman–Crippen MR) is 145 cm³/mol. The van der Waals surface area contributed by atoms with Crippen molar-refractivity contribution in [1.82, 2.24) is 15.5 Å². The van der Waals surface area contributed by atoms with Crippen LogP contribution in [0.25, 0.3) is 11.1 Å². The molecule has 1 aliphatic heterocycles. The van der Waals surface area contributed by atoms with Crippen LogP contribution in [-0.4, -0.2) is 37.0 Å². The van der Waals surface area contributed by atoms with Crippen molar-refractivity contribution < 1.29 is 14.3 Å². The number of benzene rings is 3. The summed E-state index contributed by atoms with van der Waals surface area (Å²) in [6.07, 6.45) is 2.56. The number of hydrogen-bond donors (Lipinski definition) is 2. The molecule has 6 heteroatoms. The Labute approximate surface area is 219 Å². The van der Waals surface area contributed by atoms with Crippen LogP contribution < -0.4 is 15.4 Å². The van der Waals surface area contributed by atoms with Crippen molar-refractivity contribution in [3.63, 3.8) is 0 Å². The van der Waals surface area contributed by atoms with E-state index in [9.17, 15) is 9.59 Å². The van der Waals surface area contributed by atoms with Crippen LogP contribution >= 0.6 is 0 Å². The number of nitrogens with zero attached hydrogens (tertiary/aromatic N) is 1. The molecule has 5 rings (SSSR count). The van der Waals surface area contributed by atoms with E-state index in [1.807, 2.05) is 41.3 Å². The lowest BCUT2D eigenvalue weighted by Crippen LogP contribution is -2.43. The molecule has 2 N–H and O–H groups in total. The van der Waals surface area contributed by atoms with Crippen molar-refractivity contribution in [3.05, 3.63) is 89.0 Å². The molecule has 6 nitrogen and oxygen atoms in total. The normalized spacial score (nSPS) is 18.1. The van der Waals surface area contributed by atoms with Gasteiger partial charge in [-0.15, -0.1) is 0 Å². The van der Waals surface area contributed by atoms with E-state index in [4.69, 9.17) is 4.74 Å². The average molecular weight is 498 g/mol. The summed E-state index contributed by atoms with van der Waals surface area (Å²) in [6.45, 7) is 4.37. The second-order valence-electron chi connectivity index (χ2n) is 9.94. The minimum absolute atomic E-state index is 0.0297. The number of nitrogens with one attached hydrogen (secondary N) is 2. The number of carbonyl (C=O) groups excluding carboxylic acids is 2. The van der Waals surface area contributed by atoms with E-state index in [1.54, 1.807) is 7.11 Å². The lowest BCUT2D eigenvalue weighted by molar-refractivity contribution is -0.122. The first-order valence-electron chi connectivity index (χ1n) is 13.2. The highest BCUT2D eigenvalue weighted by Gasteiger charge is 2.43. The third-order valence-electron chi connectivity index (χ3n) is 7.51. The fourth-order valence-electron chi connectivity index (χ4n) is 5.35. The highest BCUT2D eigenvalue weighted by Crippen LogP contribution is 2.47. The number of carbonyl (C=O) groups is 2. The summed E-state index contributed by atoms with van der Waals surface area (Å²) < 4.78 is 5.46. The molecule has 3 aromatic carbocycles. The van der Waals surface area contributed by atoms with Crippen molar-refractivity contribution in [1.29, 1.82) is 0 Å². The second kappa shape index (κ2) is 11.1. The third-order valence-corrected chi connectivity index (χ3v) is 7.51. The standard InChI is InChI=1S/C31H35N3O3/c1-3-15-32-31(36)34-16-14-26-25(22-10-7-11-24(17-22)37-2)13-12-23(29(26)20-34)19-33-30(35)28-18-27(28)21-8-5-4-6-9-21/h4-13,17,27-28H,3,14-16,18-20H2,1-2H3,(H,32,36)(H,33,35)/t27-,28+/m0/s1. The molecule has 1 fully saturated rings. The highest BCUT2D eigenvalue weighted by atomic mass is 16.5. The molecule has 0 aromatic heterocycles. The maximum atomic E-state index is 13.0. The Morgan fingerprint density at radius 1 is 1.00 bits per heavy atom. The lowest BCUT2D eigenvalue weighted by Gasteiger charge is -2.32. The Bertz CT molecular complexity index is 1270. The van der Waals surface area contributed by atoms with Crippen LogP contribution in [0.2, 0.25) is 0 Å². The summed E-state index contributed by atoms with van der Waals surface area (Å²) in [4.78, 5) is 27.6. The van der Waals surface area contributed by atoms with Crippen LogP contribution in [-0.2, 0) is 24.3 Å². The summed E-state index contributed by atoms with van der Waals surface area (Å²) in [5.41, 5.74) is 6.93. The number of amides is 3. The number of methoxy groups -OCH3 is 1. The second-order valence-corrected chi connectivity index (χ2v) is 9.94. The Morgan fingerprint density at radius 3 is 2.62 bits per heavy atom. The van der Waals surface area contributed by atoms with Gasteiger partial charge in [0.25, 0.3) is 0 Å². The smallest absolute Gasteiger partial charge is 0.317 e. The van der Waals surface area contributed by atoms with Crippen LogP contribution in [0.5, 0.6) is 5.75 Å². The zero-order valence-electron chi connectivity index (χ0n) is 21.6. The lowest BCUT2D eigenvalue weighted by atomic mass is 9.87. The first kappa shape index (κ1) is 24.9. The number of fused-ring (bicyclic) bond motifs is 1. The van der Waals surface area contributed by atoms with Crippen molar-refractivity contribution in [2.75, 3.05) is 20.2 Å². The summed E-state index contributed by atoms with van der Waals surface area (Å²) in [5, 5.41) is 6.20. The number of hydrogen-bond acceptors (Lipinski definition) is 3. The van der Waals surface area contributed by atoms with E-state index < -0.39 is 0 Å². The van der Waals surface area contributed by atoms with Crippen LogP contribution in [0, 0.1) is 5.92 Å². The molecule has 2 atom stereocenters. The van der Waals surface area contributed by atoms with Crippen LogP contribution in [0.15, 0.2) is 66.7 Å². The van der Waals surface area contributed by atoms with Gasteiger partial charge in [-0.05, 0) is 70.7 Å². The Kier molecular flexibility index (Phi) is 7.45. The molecular weight excluding hydrogens is 462 g/mol. The van der Waals surface area contributed by atoms with E-state index in [0.29, 0.717) is 32.1 Å². The maximum Gasteiger partial charge on any atom is 0.317 e. The van der Waals surface area contributed by atoms with Gasteiger partial charge < -0.3 is 20.3 Å². The monoisotopic (exact) mass is 497 g/mol. The van der Waals surface area contributed by atoms with E-state index in [2.05, 4.69) is 47.9 Å². The van der Waals surface area contributed by atoms with Crippen molar-refractivity contribution in [2.24, 2.45) is 5.92 Å². The minimum Gasteiger partial charge on any atom is -0.497 e. The average Bonchev–Trinajstić information content (AvgIpc) is 3.76. The first-order valence-corrected chi connectivity index (χ1v) is 13.2. The SMILES string of the molecule is CCCNC(=O)N1CCc2c(-c3cccc(OC)c3)ccc(CNC(=O)[C@@H]3C[C@H]3c3ccccc3)c2C1. The molecule has 0 bridgehead atoms.